The molecule has 3 aromatic rings. The van der Waals surface area contributed by atoms with Gasteiger partial charge in [0.1, 0.15) is 5.75 Å². The van der Waals surface area contributed by atoms with Crippen molar-refractivity contribution in [2.75, 3.05) is 11.9 Å². The summed E-state index contributed by atoms with van der Waals surface area (Å²) in [7, 11) is 0. The zero-order chi connectivity index (χ0) is 19.9. The summed E-state index contributed by atoms with van der Waals surface area (Å²) < 4.78 is 11.4. The molecule has 0 radical (unpaired) electrons. The largest absolute Gasteiger partial charge is 0.479 e. The van der Waals surface area contributed by atoms with E-state index in [2.05, 4.69) is 26.2 Å². The molecular weight excluding hydrogens is 444 g/mol. The second-order valence-electron chi connectivity index (χ2n) is 5.78. The fourth-order valence-electron chi connectivity index (χ4n) is 2.27. The summed E-state index contributed by atoms with van der Waals surface area (Å²) in [6, 6.07) is 16.6. The molecule has 1 N–H and O–H groups in total. The Labute approximate surface area is 174 Å². The van der Waals surface area contributed by atoms with Crippen LogP contribution in [0.5, 0.6) is 5.75 Å². The normalized spacial score (nSPS) is 11.5. The molecule has 28 heavy (non-hydrogen) atoms. The number of ether oxygens (including phenoxy) is 2. The molecule has 1 atom stereocenters. The van der Waals surface area contributed by atoms with Crippen LogP contribution >= 0.6 is 27.3 Å². The van der Waals surface area contributed by atoms with Gasteiger partial charge in [-0.1, -0.05) is 46.3 Å². The first-order valence-corrected chi connectivity index (χ1v) is 10.1. The molecule has 2 aromatic carbocycles. The molecule has 1 heterocycles. The van der Waals surface area contributed by atoms with Crippen LogP contribution in [0.2, 0.25) is 0 Å². The summed E-state index contributed by atoms with van der Waals surface area (Å²) in [6.45, 7) is 1.16. The molecule has 1 aromatic heterocycles. The van der Waals surface area contributed by atoms with Crippen molar-refractivity contribution in [3.8, 4) is 17.0 Å². The third-order valence-electron chi connectivity index (χ3n) is 3.60. The average molecular weight is 461 g/mol. The summed E-state index contributed by atoms with van der Waals surface area (Å²) in [6.07, 6.45) is -0.821. The van der Waals surface area contributed by atoms with Crippen LogP contribution in [0.25, 0.3) is 11.3 Å². The van der Waals surface area contributed by atoms with Gasteiger partial charge < -0.3 is 9.47 Å². The summed E-state index contributed by atoms with van der Waals surface area (Å²) in [5.41, 5.74) is 1.69. The van der Waals surface area contributed by atoms with Crippen molar-refractivity contribution in [2.24, 2.45) is 0 Å². The number of nitrogens with one attached hydrogen (secondary N) is 1. The van der Waals surface area contributed by atoms with E-state index in [4.69, 9.17) is 9.47 Å². The van der Waals surface area contributed by atoms with Crippen LogP contribution in [0.15, 0.2) is 64.5 Å². The van der Waals surface area contributed by atoms with Crippen LogP contribution in [0.1, 0.15) is 6.92 Å². The Kier molecular flexibility index (Phi) is 6.78. The number of thiazole rings is 1. The molecule has 0 aliphatic carbocycles. The Morgan fingerprint density at radius 1 is 1.18 bits per heavy atom. The zero-order valence-corrected chi connectivity index (χ0v) is 17.3. The molecule has 0 aliphatic rings. The average Bonchev–Trinajstić information content (AvgIpc) is 3.15. The lowest BCUT2D eigenvalue weighted by molar-refractivity contribution is -0.153. The molecule has 1 unspecified atom stereocenters. The second kappa shape index (κ2) is 9.48. The van der Waals surface area contributed by atoms with Gasteiger partial charge in [0.2, 0.25) is 0 Å². The van der Waals surface area contributed by atoms with Gasteiger partial charge in [0, 0.05) is 15.4 Å². The lowest BCUT2D eigenvalue weighted by atomic mass is 10.2. The number of hydrogen-bond donors (Lipinski definition) is 1. The molecule has 0 fully saturated rings. The number of para-hydroxylation sites is 1. The number of carbonyl (C=O) groups excluding carboxylic acids is 2. The lowest BCUT2D eigenvalue weighted by Crippen LogP contribution is -2.29. The van der Waals surface area contributed by atoms with Gasteiger partial charge in [-0.3, -0.25) is 10.1 Å². The van der Waals surface area contributed by atoms with E-state index in [9.17, 15) is 9.59 Å². The van der Waals surface area contributed by atoms with Gasteiger partial charge in [-0.2, -0.15) is 0 Å². The van der Waals surface area contributed by atoms with Gasteiger partial charge in [-0.25, -0.2) is 9.78 Å². The first-order chi connectivity index (χ1) is 13.5. The summed E-state index contributed by atoms with van der Waals surface area (Å²) in [5, 5.41) is 4.91. The van der Waals surface area contributed by atoms with E-state index in [1.807, 2.05) is 35.7 Å². The fourth-order valence-corrected chi connectivity index (χ4v) is 3.41. The van der Waals surface area contributed by atoms with Crippen molar-refractivity contribution in [2.45, 2.75) is 13.0 Å². The quantitative estimate of drug-likeness (QED) is 0.524. The number of aromatic nitrogens is 1. The molecule has 1 amide bonds. The molecule has 6 nitrogen and oxygen atoms in total. The highest BCUT2D eigenvalue weighted by molar-refractivity contribution is 9.10. The molecule has 0 spiro atoms. The van der Waals surface area contributed by atoms with Crippen LogP contribution < -0.4 is 10.1 Å². The topological polar surface area (TPSA) is 77.5 Å². The van der Waals surface area contributed by atoms with Crippen molar-refractivity contribution in [1.82, 2.24) is 4.98 Å². The lowest BCUT2D eigenvalue weighted by Gasteiger charge is -2.13. The van der Waals surface area contributed by atoms with Crippen molar-refractivity contribution < 1.29 is 19.1 Å². The van der Waals surface area contributed by atoms with Crippen LogP contribution in [0, 0.1) is 0 Å². The Morgan fingerprint density at radius 3 is 2.71 bits per heavy atom. The summed E-state index contributed by atoms with van der Waals surface area (Å²) in [4.78, 5) is 28.4. The molecule has 0 aliphatic heterocycles. The standard InChI is InChI=1S/C20H17BrN2O4S/c1-13(27-16-8-3-2-4-9-16)19(25)26-11-18(24)23-20-22-17(12-28-20)14-6-5-7-15(21)10-14/h2-10,12-13H,11H2,1H3,(H,22,23,24). The first-order valence-electron chi connectivity index (χ1n) is 8.41. The number of esters is 1. The second-order valence-corrected chi connectivity index (χ2v) is 7.55. The number of nitrogens with zero attached hydrogens (tertiary/aromatic N) is 1. The van der Waals surface area contributed by atoms with Crippen molar-refractivity contribution >= 4 is 44.3 Å². The maximum atomic E-state index is 12.0. The number of carbonyl (C=O) groups is 2. The maximum Gasteiger partial charge on any atom is 0.347 e. The van der Waals surface area contributed by atoms with Crippen molar-refractivity contribution in [1.29, 1.82) is 0 Å². The van der Waals surface area contributed by atoms with Gasteiger partial charge in [0.15, 0.2) is 17.8 Å². The number of benzene rings is 2. The van der Waals surface area contributed by atoms with E-state index in [0.29, 0.717) is 10.9 Å². The maximum absolute atomic E-state index is 12.0. The zero-order valence-electron chi connectivity index (χ0n) is 14.9. The minimum atomic E-state index is -0.821. The monoisotopic (exact) mass is 460 g/mol. The number of hydrogen-bond acceptors (Lipinski definition) is 6. The third-order valence-corrected chi connectivity index (χ3v) is 4.86. The first kappa shape index (κ1) is 20.0. The van der Waals surface area contributed by atoms with Gasteiger partial charge >= 0.3 is 5.97 Å². The predicted octanol–water partition coefficient (Wildman–Crippen LogP) is 4.52. The van der Waals surface area contributed by atoms with Crippen molar-refractivity contribution in [3.63, 3.8) is 0 Å². The van der Waals surface area contributed by atoms with Gasteiger partial charge in [-0.05, 0) is 31.2 Å². The number of rotatable bonds is 7. The SMILES string of the molecule is CC(Oc1ccccc1)C(=O)OCC(=O)Nc1nc(-c2cccc(Br)c2)cs1. The van der Waals surface area contributed by atoms with Gasteiger partial charge in [-0.15, -0.1) is 11.3 Å². The van der Waals surface area contributed by atoms with E-state index in [0.717, 1.165) is 15.7 Å². The molecule has 0 saturated heterocycles. The van der Waals surface area contributed by atoms with E-state index >= 15 is 0 Å². The fraction of sp³-hybridized carbons (Fsp3) is 0.150. The van der Waals surface area contributed by atoms with E-state index in [1.165, 1.54) is 11.3 Å². The Balaban J connectivity index is 1.48. The Morgan fingerprint density at radius 2 is 1.96 bits per heavy atom. The Bertz CT molecular complexity index is 962. The van der Waals surface area contributed by atoms with E-state index < -0.39 is 24.6 Å². The van der Waals surface area contributed by atoms with E-state index in [-0.39, 0.29) is 0 Å². The minimum absolute atomic E-state index is 0.410. The van der Waals surface area contributed by atoms with Gasteiger partial charge in [0.25, 0.3) is 5.91 Å². The third kappa shape index (κ3) is 5.64. The predicted molar refractivity (Wildman–Crippen MR) is 111 cm³/mol. The van der Waals surface area contributed by atoms with Crippen LogP contribution in [-0.2, 0) is 14.3 Å². The highest BCUT2D eigenvalue weighted by atomic mass is 79.9. The highest BCUT2D eigenvalue weighted by Gasteiger charge is 2.18. The molecule has 0 saturated carbocycles. The van der Waals surface area contributed by atoms with Gasteiger partial charge in [0.05, 0.1) is 5.69 Å². The highest BCUT2D eigenvalue weighted by Crippen LogP contribution is 2.26. The molecule has 0 bridgehead atoms. The molecule has 3 rings (SSSR count). The molecular formula is C20H17BrN2O4S. The number of amides is 1. The van der Waals surface area contributed by atoms with Crippen molar-refractivity contribution in [3.05, 3.63) is 64.5 Å². The minimum Gasteiger partial charge on any atom is -0.479 e. The van der Waals surface area contributed by atoms with E-state index in [1.54, 1.807) is 31.2 Å². The van der Waals surface area contributed by atoms with Crippen LogP contribution in [0.3, 0.4) is 0 Å². The van der Waals surface area contributed by atoms with Crippen LogP contribution in [0.4, 0.5) is 5.13 Å². The Hall–Kier alpha value is -2.71. The molecule has 8 heteroatoms. The number of anilines is 1. The number of halogens is 1. The van der Waals surface area contributed by atoms with Crippen LogP contribution in [-0.4, -0.2) is 29.6 Å². The smallest absolute Gasteiger partial charge is 0.347 e. The molecule has 144 valence electrons. The summed E-state index contributed by atoms with van der Waals surface area (Å²) >= 11 is 4.72. The summed E-state index contributed by atoms with van der Waals surface area (Å²) in [5.74, 6) is -0.525.